The summed E-state index contributed by atoms with van der Waals surface area (Å²) < 4.78 is 5.88. The molecule has 2 saturated carbocycles. The predicted octanol–water partition coefficient (Wildman–Crippen LogP) is 4.07. The minimum Gasteiger partial charge on any atom is -0.489 e. The fraction of sp³-hybridized carbons (Fsp3) is 0.560. The molecule has 2 aliphatic carbocycles. The first kappa shape index (κ1) is 21.3. The monoisotopic (exact) mass is 410 g/mol. The number of benzene rings is 1. The van der Waals surface area contributed by atoms with E-state index in [9.17, 15) is 10.2 Å². The quantitative estimate of drug-likeness (QED) is 0.652. The van der Waals surface area contributed by atoms with Gasteiger partial charge in [0.1, 0.15) is 12.4 Å². The van der Waals surface area contributed by atoms with Crippen LogP contribution in [0, 0.1) is 0 Å². The summed E-state index contributed by atoms with van der Waals surface area (Å²) in [5.41, 5.74) is 1.05. The van der Waals surface area contributed by atoms with Gasteiger partial charge in [-0.3, -0.25) is 9.88 Å². The highest BCUT2D eigenvalue weighted by molar-refractivity contribution is 5.27. The summed E-state index contributed by atoms with van der Waals surface area (Å²) in [6, 6.07) is 12.1. The maximum Gasteiger partial charge on any atom is 0.119 e. The largest absolute Gasteiger partial charge is 0.489 e. The van der Waals surface area contributed by atoms with Crippen LogP contribution < -0.4 is 4.74 Å². The van der Waals surface area contributed by atoms with Crippen molar-refractivity contribution in [2.75, 3.05) is 13.1 Å². The van der Waals surface area contributed by atoms with Crippen LogP contribution >= 0.6 is 0 Å². The van der Waals surface area contributed by atoms with Crippen molar-refractivity contribution in [3.63, 3.8) is 0 Å². The van der Waals surface area contributed by atoms with Gasteiger partial charge in [-0.25, -0.2) is 0 Å². The van der Waals surface area contributed by atoms with Gasteiger partial charge >= 0.3 is 0 Å². The van der Waals surface area contributed by atoms with E-state index in [4.69, 9.17) is 4.74 Å². The Hall–Kier alpha value is -1.95. The average Bonchev–Trinajstić information content (AvgIpc) is 3.36. The minimum absolute atomic E-state index is 0.522. The topological polar surface area (TPSA) is 65.8 Å². The Morgan fingerprint density at radius 1 is 0.767 bits per heavy atom. The highest BCUT2D eigenvalue weighted by Gasteiger charge is 2.37. The van der Waals surface area contributed by atoms with Crippen molar-refractivity contribution in [1.82, 2.24) is 9.88 Å². The summed E-state index contributed by atoms with van der Waals surface area (Å²) in [5, 5.41) is 21.9. The lowest BCUT2D eigenvalue weighted by molar-refractivity contribution is -0.0359. The molecule has 2 fully saturated rings. The summed E-state index contributed by atoms with van der Waals surface area (Å²) in [7, 11) is 0. The third-order valence-electron chi connectivity index (χ3n) is 6.59. The lowest BCUT2D eigenvalue weighted by Crippen LogP contribution is -2.47. The summed E-state index contributed by atoms with van der Waals surface area (Å²) in [4.78, 5) is 6.29. The zero-order chi connectivity index (χ0) is 20.9. The maximum atomic E-state index is 11.0. The molecule has 0 radical (unpaired) electrons. The zero-order valence-electron chi connectivity index (χ0n) is 17.8. The number of aromatic nitrogens is 1. The second-order valence-corrected chi connectivity index (χ2v) is 9.30. The average molecular weight is 411 g/mol. The number of hydrogen-bond donors (Lipinski definition) is 2. The predicted molar refractivity (Wildman–Crippen MR) is 117 cm³/mol. The fourth-order valence-electron chi connectivity index (χ4n) is 4.98. The number of hydrogen-bond acceptors (Lipinski definition) is 5. The molecule has 1 aromatic carbocycles. The van der Waals surface area contributed by atoms with Crippen molar-refractivity contribution in [2.45, 2.75) is 75.7 Å². The molecule has 2 aromatic rings. The molecule has 4 rings (SSSR count). The molecule has 0 unspecified atom stereocenters. The van der Waals surface area contributed by atoms with Crippen LogP contribution in [0.4, 0.5) is 0 Å². The number of aliphatic hydroxyl groups is 2. The van der Waals surface area contributed by atoms with Crippen LogP contribution in [0.1, 0.15) is 62.5 Å². The van der Waals surface area contributed by atoms with E-state index >= 15 is 0 Å². The van der Waals surface area contributed by atoms with Gasteiger partial charge in [-0.1, -0.05) is 37.8 Å². The Balaban J connectivity index is 1.38. The fourth-order valence-corrected chi connectivity index (χ4v) is 4.98. The Bertz CT molecular complexity index is 758. The molecule has 1 heterocycles. The Morgan fingerprint density at radius 3 is 1.83 bits per heavy atom. The molecule has 5 nitrogen and oxygen atoms in total. The van der Waals surface area contributed by atoms with Crippen molar-refractivity contribution in [3.8, 4) is 5.75 Å². The first-order valence-electron chi connectivity index (χ1n) is 11.3. The SMILES string of the molecule is OC1(CN(Cc2ccc(OCc3ccncc3)cc2)CC2(O)CCCC2)CCCC1. The van der Waals surface area contributed by atoms with Crippen molar-refractivity contribution in [3.05, 3.63) is 59.9 Å². The molecular formula is C25H34N2O3. The van der Waals surface area contributed by atoms with Crippen LogP contribution in [-0.4, -0.2) is 44.4 Å². The Kier molecular flexibility index (Phi) is 6.71. The molecule has 0 atom stereocenters. The maximum absolute atomic E-state index is 11.0. The van der Waals surface area contributed by atoms with E-state index in [0.29, 0.717) is 19.7 Å². The van der Waals surface area contributed by atoms with E-state index in [0.717, 1.165) is 69.2 Å². The van der Waals surface area contributed by atoms with E-state index in [1.54, 1.807) is 12.4 Å². The molecule has 0 saturated heterocycles. The van der Waals surface area contributed by atoms with E-state index in [-0.39, 0.29) is 0 Å². The van der Waals surface area contributed by atoms with Crippen LogP contribution in [0.3, 0.4) is 0 Å². The van der Waals surface area contributed by atoms with Gasteiger partial charge in [0.2, 0.25) is 0 Å². The van der Waals surface area contributed by atoms with Gasteiger partial charge < -0.3 is 14.9 Å². The van der Waals surface area contributed by atoms with Gasteiger partial charge in [-0.05, 0) is 61.1 Å². The highest BCUT2D eigenvalue weighted by atomic mass is 16.5. The second kappa shape index (κ2) is 9.46. The first-order valence-corrected chi connectivity index (χ1v) is 11.3. The summed E-state index contributed by atoms with van der Waals surface area (Å²) in [6.45, 7) is 2.52. The number of nitrogens with zero attached hydrogens (tertiary/aromatic N) is 2. The number of pyridine rings is 1. The summed E-state index contributed by atoms with van der Waals surface area (Å²) in [5.74, 6) is 0.839. The molecule has 0 aliphatic heterocycles. The first-order chi connectivity index (χ1) is 14.5. The van der Waals surface area contributed by atoms with Gasteiger partial charge in [0.05, 0.1) is 11.2 Å². The third-order valence-corrected chi connectivity index (χ3v) is 6.59. The Labute approximate surface area is 179 Å². The standard InChI is InChI=1S/C25H34N2O3/c28-24(11-1-2-12-24)19-27(20-25(29)13-3-4-14-25)17-21-5-7-23(8-6-21)30-18-22-9-15-26-16-10-22/h5-10,15-16,28-29H,1-4,11-14,17-20H2. The Morgan fingerprint density at radius 2 is 1.30 bits per heavy atom. The van der Waals surface area contributed by atoms with Gasteiger partial charge in [-0.15, -0.1) is 0 Å². The molecule has 0 spiro atoms. The molecule has 5 heteroatoms. The van der Waals surface area contributed by atoms with E-state index < -0.39 is 11.2 Å². The smallest absolute Gasteiger partial charge is 0.119 e. The van der Waals surface area contributed by atoms with Gasteiger partial charge in [0.25, 0.3) is 0 Å². The molecule has 0 amide bonds. The van der Waals surface area contributed by atoms with Crippen molar-refractivity contribution in [2.24, 2.45) is 0 Å². The van der Waals surface area contributed by atoms with Gasteiger partial charge in [0.15, 0.2) is 0 Å². The molecule has 2 aliphatic rings. The third kappa shape index (κ3) is 5.81. The minimum atomic E-state index is -0.609. The normalized spacial score (nSPS) is 20.0. The molecule has 162 valence electrons. The molecule has 2 N–H and O–H groups in total. The van der Waals surface area contributed by atoms with E-state index in [2.05, 4.69) is 22.0 Å². The molecular weight excluding hydrogens is 376 g/mol. The van der Waals surface area contributed by atoms with Crippen LogP contribution in [0.25, 0.3) is 0 Å². The van der Waals surface area contributed by atoms with Crippen molar-refractivity contribution in [1.29, 1.82) is 0 Å². The van der Waals surface area contributed by atoms with Gasteiger partial charge in [-0.2, -0.15) is 0 Å². The van der Waals surface area contributed by atoms with Crippen molar-refractivity contribution < 1.29 is 14.9 Å². The van der Waals surface area contributed by atoms with Crippen LogP contribution in [0.15, 0.2) is 48.8 Å². The van der Waals surface area contributed by atoms with Crippen LogP contribution in [-0.2, 0) is 13.2 Å². The van der Waals surface area contributed by atoms with Gasteiger partial charge in [0, 0.05) is 32.0 Å². The number of rotatable bonds is 9. The highest BCUT2D eigenvalue weighted by Crippen LogP contribution is 2.34. The second-order valence-electron chi connectivity index (χ2n) is 9.30. The molecule has 1 aromatic heterocycles. The zero-order valence-corrected chi connectivity index (χ0v) is 17.8. The van der Waals surface area contributed by atoms with E-state index in [1.165, 1.54) is 5.56 Å². The summed E-state index contributed by atoms with van der Waals surface area (Å²) >= 11 is 0. The van der Waals surface area contributed by atoms with E-state index in [1.807, 2.05) is 24.3 Å². The van der Waals surface area contributed by atoms with Crippen LogP contribution in [0.5, 0.6) is 5.75 Å². The number of ether oxygens (including phenoxy) is 1. The lowest BCUT2D eigenvalue weighted by atomic mass is 9.97. The molecule has 30 heavy (non-hydrogen) atoms. The van der Waals surface area contributed by atoms with Crippen LogP contribution in [0.2, 0.25) is 0 Å². The van der Waals surface area contributed by atoms with Crippen molar-refractivity contribution >= 4 is 0 Å². The summed E-state index contributed by atoms with van der Waals surface area (Å²) in [6.07, 6.45) is 11.4. The molecule has 0 bridgehead atoms. The lowest BCUT2D eigenvalue weighted by Gasteiger charge is -2.36.